The zero-order valence-corrected chi connectivity index (χ0v) is 11.4. The van der Waals surface area contributed by atoms with Crippen molar-refractivity contribution in [3.8, 4) is 0 Å². The van der Waals surface area contributed by atoms with E-state index in [2.05, 4.69) is 4.98 Å². The minimum absolute atomic E-state index is 0.455. The number of hydrogen-bond acceptors (Lipinski definition) is 3. The van der Waals surface area contributed by atoms with Crippen molar-refractivity contribution in [3.05, 3.63) is 54.1 Å². The van der Waals surface area contributed by atoms with Gasteiger partial charge in [-0.05, 0) is 30.3 Å². The highest BCUT2D eigenvalue weighted by Crippen LogP contribution is 2.33. The summed E-state index contributed by atoms with van der Waals surface area (Å²) < 4.78 is 0. The Morgan fingerprint density at radius 1 is 1.10 bits per heavy atom. The first-order valence-corrected chi connectivity index (χ1v) is 6.90. The van der Waals surface area contributed by atoms with Gasteiger partial charge in [-0.15, -0.1) is 0 Å². The fourth-order valence-corrected chi connectivity index (χ4v) is 3.10. The topological polar surface area (TPSA) is 84.9 Å². The van der Waals surface area contributed by atoms with E-state index in [9.17, 15) is 4.79 Å². The molecule has 3 aromatic rings. The van der Waals surface area contributed by atoms with Crippen LogP contribution in [0.15, 0.2) is 58.5 Å². The van der Waals surface area contributed by atoms with E-state index in [0.717, 1.165) is 20.8 Å². The van der Waals surface area contributed by atoms with E-state index in [1.54, 1.807) is 18.2 Å². The number of aromatic nitrogens is 1. The molecule has 3 rings (SSSR count). The fraction of sp³-hybridized carbons (Fsp3) is 0. The number of anilines is 1. The summed E-state index contributed by atoms with van der Waals surface area (Å²) in [4.78, 5) is 15.5. The second-order valence-corrected chi connectivity index (χ2v) is 5.53. The number of carbonyl (C=O) groups is 1. The van der Waals surface area contributed by atoms with Crippen LogP contribution in [0.2, 0.25) is 0 Å². The molecule has 0 radical (unpaired) electrons. The molecule has 1 amide bonds. The van der Waals surface area contributed by atoms with Gasteiger partial charge in [0.15, 0.2) is 0 Å². The van der Waals surface area contributed by atoms with Crippen LogP contribution in [0, 0.1) is 0 Å². The molecular weight excluding hydrogens is 270 g/mol. The monoisotopic (exact) mass is 283 g/mol. The Hall–Kier alpha value is -2.40. The first-order chi connectivity index (χ1) is 9.63. The molecule has 0 spiro atoms. The van der Waals surface area contributed by atoms with Gasteiger partial charge in [0, 0.05) is 21.5 Å². The van der Waals surface area contributed by atoms with Gasteiger partial charge in [-0.1, -0.05) is 30.0 Å². The first-order valence-electron chi connectivity index (χ1n) is 6.08. The molecule has 0 aliphatic carbocycles. The van der Waals surface area contributed by atoms with Crippen LogP contribution in [0.1, 0.15) is 10.4 Å². The summed E-state index contributed by atoms with van der Waals surface area (Å²) >= 11 is 1.45. The van der Waals surface area contributed by atoms with Crippen LogP contribution in [0.5, 0.6) is 0 Å². The number of H-pyrrole nitrogens is 1. The molecule has 100 valence electrons. The molecule has 0 fully saturated rings. The van der Waals surface area contributed by atoms with Crippen LogP contribution >= 0.6 is 11.8 Å². The van der Waals surface area contributed by atoms with Gasteiger partial charge in [0.05, 0.1) is 10.6 Å². The number of aromatic amines is 1. The lowest BCUT2D eigenvalue weighted by atomic mass is 10.2. The minimum atomic E-state index is -0.455. The molecule has 0 aliphatic heterocycles. The van der Waals surface area contributed by atoms with Crippen LogP contribution in [0.25, 0.3) is 10.9 Å². The first kappa shape index (κ1) is 12.6. The van der Waals surface area contributed by atoms with Gasteiger partial charge in [0.25, 0.3) is 0 Å². The molecule has 2 aromatic carbocycles. The molecule has 1 heterocycles. The third kappa shape index (κ3) is 2.35. The van der Waals surface area contributed by atoms with E-state index >= 15 is 0 Å². The summed E-state index contributed by atoms with van der Waals surface area (Å²) in [5.41, 5.74) is 13.3. The molecular formula is C15H13N3OS. The molecule has 0 saturated heterocycles. The summed E-state index contributed by atoms with van der Waals surface area (Å²) in [6.07, 6.45) is 0. The molecule has 1 aromatic heterocycles. The van der Waals surface area contributed by atoms with Crippen molar-refractivity contribution in [2.75, 3.05) is 5.73 Å². The van der Waals surface area contributed by atoms with Crippen molar-refractivity contribution < 1.29 is 4.79 Å². The lowest BCUT2D eigenvalue weighted by molar-refractivity contribution is 0.0997. The molecule has 0 aliphatic rings. The highest BCUT2D eigenvalue weighted by atomic mass is 32.2. The van der Waals surface area contributed by atoms with E-state index in [-0.39, 0.29) is 0 Å². The quantitative estimate of drug-likeness (QED) is 0.646. The Balaban J connectivity index is 2.01. The Bertz CT molecular complexity index is 762. The molecule has 0 bridgehead atoms. The van der Waals surface area contributed by atoms with E-state index in [4.69, 9.17) is 11.5 Å². The van der Waals surface area contributed by atoms with Gasteiger partial charge in [-0.25, -0.2) is 0 Å². The van der Waals surface area contributed by atoms with Crippen LogP contribution in [0.3, 0.4) is 0 Å². The number of primary amides is 1. The molecule has 4 nitrogen and oxygen atoms in total. The lowest BCUT2D eigenvalue weighted by Crippen LogP contribution is -2.12. The third-order valence-corrected chi connectivity index (χ3v) is 3.99. The maximum absolute atomic E-state index is 11.5. The fourth-order valence-electron chi connectivity index (χ4n) is 2.05. The van der Waals surface area contributed by atoms with E-state index in [1.165, 1.54) is 11.8 Å². The average Bonchev–Trinajstić information content (AvgIpc) is 2.80. The van der Waals surface area contributed by atoms with Crippen LogP contribution < -0.4 is 11.5 Å². The predicted octanol–water partition coefficient (Wildman–Crippen LogP) is 3.00. The number of amides is 1. The van der Waals surface area contributed by atoms with Gasteiger partial charge in [0.1, 0.15) is 0 Å². The summed E-state index contributed by atoms with van der Waals surface area (Å²) in [6.45, 7) is 0. The third-order valence-electron chi connectivity index (χ3n) is 3.00. The Morgan fingerprint density at radius 3 is 2.65 bits per heavy atom. The number of fused-ring (bicyclic) bond motifs is 1. The number of carbonyl (C=O) groups excluding carboxylic acids is 1. The number of nitrogens with two attached hydrogens (primary N) is 2. The van der Waals surface area contributed by atoms with Crippen molar-refractivity contribution >= 4 is 34.3 Å². The number of benzene rings is 2. The number of nitrogens with one attached hydrogen (secondary N) is 1. The standard InChI is InChI=1S/C15H13N3OS/c16-10-5-6-11(15(17)19)13(8-10)20-14-7-9-3-1-2-4-12(9)18-14/h1-8,18H,16H2,(H2,17,19). The molecule has 0 saturated carbocycles. The minimum Gasteiger partial charge on any atom is -0.399 e. The van der Waals surface area contributed by atoms with Gasteiger partial charge in [-0.2, -0.15) is 0 Å². The maximum atomic E-state index is 11.5. The zero-order chi connectivity index (χ0) is 14.1. The predicted molar refractivity (Wildman–Crippen MR) is 81.8 cm³/mol. The summed E-state index contributed by atoms with van der Waals surface area (Å²) in [7, 11) is 0. The summed E-state index contributed by atoms with van der Waals surface area (Å²) in [6, 6.07) is 15.1. The van der Waals surface area contributed by atoms with E-state index in [0.29, 0.717) is 11.3 Å². The van der Waals surface area contributed by atoms with Gasteiger partial charge < -0.3 is 16.5 Å². The van der Waals surface area contributed by atoms with Crippen LogP contribution in [0.4, 0.5) is 5.69 Å². The second-order valence-electron chi connectivity index (χ2n) is 4.44. The SMILES string of the molecule is NC(=O)c1ccc(N)cc1Sc1cc2ccccc2[nH]1. The van der Waals surface area contributed by atoms with Crippen LogP contribution in [-0.2, 0) is 0 Å². The lowest BCUT2D eigenvalue weighted by Gasteiger charge is -2.06. The molecule has 20 heavy (non-hydrogen) atoms. The Labute approximate surface area is 120 Å². The number of rotatable bonds is 3. The smallest absolute Gasteiger partial charge is 0.249 e. The van der Waals surface area contributed by atoms with Crippen molar-refractivity contribution in [2.45, 2.75) is 9.92 Å². The summed E-state index contributed by atoms with van der Waals surface area (Å²) in [5, 5.41) is 2.07. The Morgan fingerprint density at radius 2 is 1.90 bits per heavy atom. The Kier molecular flexibility index (Phi) is 3.12. The number of hydrogen-bond donors (Lipinski definition) is 3. The van der Waals surface area contributed by atoms with Gasteiger partial charge in [0.2, 0.25) is 5.91 Å². The van der Waals surface area contributed by atoms with Crippen molar-refractivity contribution in [1.29, 1.82) is 0 Å². The number of para-hydroxylation sites is 1. The van der Waals surface area contributed by atoms with E-state index < -0.39 is 5.91 Å². The van der Waals surface area contributed by atoms with Crippen molar-refractivity contribution in [3.63, 3.8) is 0 Å². The average molecular weight is 283 g/mol. The largest absolute Gasteiger partial charge is 0.399 e. The van der Waals surface area contributed by atoms with Crippen molar-refractivity contribution in [1.82, 2.24) is 4.98 Å². The number of nitrogen functional groups attached to an aromatic ring is 1. The van der Waals surface area contributed by atoms with E-state index in [1.807, 2.05) is 30.3 Å². The molecule has 5 heteroatoms. The highest BCUT2D eigenvalue weighted by Gasteiger charge is 2.11. The van der Waals surface area contributed by atoms with Gasteiger partial charge in [-0.3, -0.25) is 4.79 Å². The molecule has 0 atom stereocenters. The normalized spacial score (nSPS) is 10.8. The molecule has 5 N–H and O–H groups in total. The van der Waals surface area contributed by atoms with Crippen LogP contribution in [-0.4, -0.2) is 10.9 Å². The van der Waals surface area contributed by atoms with Crippen molar-refractivity contribution in [2.24, 2.45) is 5.73 Å². The highest BCUT2D eigenvalue weighted by molar-refractivity contribution is 7.99. The zero-order valence-electron chi connectivity index (χ0n) is 10.6. The second kappa shape index (κ2) is 4.94. The molecule has 0 unspecified atom stereocenters. The summed E-state index contributed by atoms with van der Waals surface area (Å²) in [5.74, 6) is -0.455. The maximum Gasteiger partial charge on any atom is 0.249 e. The van der Waals surface area contributed by atoms with Gasteiger partial charge >= 0.3 is 0 Å².